The van der Waals surface area contributed by atoms with Crippen LogP contribution in [0.25, 0.3) is 0 Å². The van der Waals surface area contributed by atoms with Crippen molar-refractivity contribution in [2.75, 3.05) is 11.1 Å². The first kappa shape index (κ1) is 16.5. The number of thioether (sulfide) groups is 1. The molecule has 3 atom stereocenters. The highest BCUT2D eigenvalue weighted by atomic mass is 32.2. The van der Waals surface area contributed by atoms with Crippen molar-refractivity contribution < 1.29 is 9.59 Å². The van der Waals surface area contributed by atoms with Gasteiger partial charge in [-0.15, -0.1) is 12.6 Å². The summed E-state index contributed by atoms with van der Waals surface area (Å²) in [6.07, 6.45) is 3.42. The monoisotopic (exact) mass is 351 g/mol. The predicted octanol–water partition coefficient (Wildman–Crippen LogP) is 2.64. The van der Waals surface area contributed by atoms with Gasteiger partial charge in [0.15, 0.2) is 0 Å². The topological polar surface area (TPSA) is 70.2 Å². The van der Waals surface area contributed by atoms with Gasteiger partial charge in [0.2, 0.25) is 5.91 Å². The molecule has 3 N–H and O–H groups in total. The summed E-state index contributed by atoms with van der Waals surface area (Å²) in [5.41, 5.74) is 0.788. The maximum Gasteiger partial charge on any atom is 0.315 e. The Morgan fingerprint density at radius 1 is 1.35 bits per heavy atom. The summed E-state index contributed by atoms with van der Waals surface area (Å²) in [6, 6.07) is 7.93. The van der Waals surface area contributed by atoms with Gasteiger partial charge >= 0.3 is 6.03 Å². The van der Waals surface area contributed by atoms with E-state index in [1.807, 2.05) is 36.0 Å². The molecule has 2 aliphatic heterocycles. The van der Waals surface area contributed by atoms with Gasteiger partial charge in [0, 0.05) is 28.0 Å². The van der Waals surface area contributed by atoms with E-state index >= 15 is 0 Å². The van der Waals surface area contributed by atoms with Crippen molar-refractivity contribution in [3.05, 3.63) is 24.3 Å². The molecule has 0 radical (unpaired) electrons. The molecule has 124 valence electrons. The van der Waals surface area contributed by atoms with Gasteiger partial charge in [0.1, 0.15) is 0 Å². The fraction of sp³-hybridized carbons (Fsp3) is 0.500. The average molecular weight is 351 g/mol. The van der Waals surface area contributed by atoms with E-state index in [0.29, 0.717) is 11.7 Å². The molecule has 2 heterocycles. The summed E-state index contributed by atoms with van der Waals surface area (Å²) in [5.74, 6) is 1.02. The van der Waals surface area contributed by atoms with Crippen LogP contribution in [0.4, 0.5) is 10.5 Å². The third-order valence-corrected chi connectivity index (χ3v) is 6.00. The van der Waals surface area contributed by atoms with E-state index in [1.165, 1.54) is 0 Å². The maximum atomic E-state index is 11.9. The molecule has 7 heteroatoms. The number of carbonyl (C=O) groups excluding carboxylic acids is 2. The number of carbonyl (C=O) groups is 2. The van der Waals surface area contributed by atoms with Crippen molar-refractivity contribution in [3.8, 4) is 0 Å². The normalized spacial score (nSPS) is 25.6. The van der Waals surface area contributed by atoms with Crippen molar-refractivity contribution in [1.29, 1.82) is 0 Å². The highest BCUT2D eigenvalue weighted by molar-refractivity contribution is 8.00. The highest BCUT2D eigenvalue weighted by Gasteiger charge is 2.42. The van der Waals surface area contributed by atoms with Gasteiger partial charge < -0.3 is 16.0 Å². The number of amides is 3. The molecule has 3 rings (SSSR count). The average Bonchev–Trinajstić information content (AvgIpc) is 3.03. The van der Waals surface area contributed by atoms with E-state index in [4.69, 9.17) is 0 Å². The summed E-state index contributed by atoms with van der Waals surface area (Å²) in [7, 11) is 0. The third-order valence-electron chi connectivity index (χ3n) is 4.21. The Kier molecular flexibility index (Phi) is 5.38. The third kappa shape index (κ3) is 4.35. The fourth-order valence-corrected chi connectivity index (χ4v) is 4.85. The molecule has 3 amide bonds. The van der Waals surface area contributed by atoms with Crippen LogP contribution in [0.5, 0.6) is 0 Å². The first-order valence-electron chi connectivity index (χ1n) is 7.89. The number of benzene rings is 1. The van der Waals surface area contributed by atoms with Crippen LogP contribution in [0.1, 0.15) is 25.7 Å². The van der Waals surface area contributed by atoms with E-state index in [2.05, 4.69) is 28.6 Å². The Hall–Kier alpha value is -1.34. The molecule has 1 aromatic rings. The van der Waals surface area contributed by atoms with Crippen molar-refractivity contribution in [1.82, 2.24) is 10.6 Å². The maximum absolute atomic E-state index is 11.9. The molecule has 5 nitrogen and oxygen atoms in total. The van der Waals surface area contributed by atoms with Crippen LogP contribution in [0.3, 0.4) is 0 Å². The number of hydrogen-bond acceptors (Lipinski definition) is 4. The molecule has 0 aliphatic carbocycles. The lowest BCUT2D eigenvalue weighted by atomic mass is 10.0. The number of hydrogen-bond donors (Lipinski definition) is 4. The number of urea groups is 1. The molecule has 0 bridgehead atoms. The Bertz CT molecular complexity index is 596. The van der Waals surface area contributed by atoms with Crippen molar-refractivity contribution >= 4 is 42.0 Å². The number of nitrogens with one attached hydrogen (secondary N) is 3. The highest BCUT2D eigenvalue weighted by Crippen LogP contribution is 2.33. The van der Waals surface area contributed by atoms with Crippen molar-refractivity contribution in [2.45, 2.75) is 47.9 Å². The van der Waals surface area contributed by atoms with Crippen LogP contribution in [0, 0.1) is 0 Å². The number of unbranched alkanes of at least 4 members (excludes halogenated alkanes) is 1. The van der Waals surface area contributed by atoms with Crippen LogP contribution in [0.2, 0.25) is 0 Å². The molecule has 0 unspecified atom stereocenters. The largest absolute Gasteiger partial charge is 0.332 e. The second kappa shape index (κ2) is 7.49. The quantitative estimate of drug-likeness (QED) is 0.362. The lowest BCUT2D eigenvalue weighted by Gasteiger charge is -2.16. The van der Waals surface area contributed by atoms with E-state index in [0.717, 1.165) is 35.6 Å². The minimum atomic E-state index is -0.0453. The van der Waals surface area contributed by atoms with E-state index in [9.17, 15) is 9.59 Å². The van der Waals surface area contributed by atoms with Crippen LogP contribution in [-0.4, -0.2) is 35.0 Å². The van der Waals surface area contributed by atoms with Gasteiger partial charge in [-0.05, 0) is 31.0 Å². The van der Waals surface area contributed by atoms with Gasteiger partial charge in [-0.25, -0.2) is 4.79 Å². The first-order chi connectivity index (χ1) is 11.1. The lowest BCUT2D eigenvalue weighted by Crippen LogP contribution is -2.36. The standard InChI is InChI=1S/C16H21N3O2S2/c20-14(17-10-4-3-5-11(22)8-10)7-2-1-6-13-15-12(9-23-13)18-16(21)19-15/h3-5,8,12-13,15,22H,1-2,6-7,9H2,(H,17,20)(H2,18,19,21)/t12-,13-,15-/m0/s1. The number of anilines is 1. The van der Waals surface area contributed by atoms with E-state index in [-0.39, 0.29) is 24.0 Å². The zero-order valence-electron chi connectivity index (χ0n) is 12.7. The van der Waals surface area contributed by atoms with Crippen LogP contribution >= 0.6 is 24.4 Å². The molecule has 0 aromatic heterocycles. The molecule has 2 saturated heterocycles. The van der Waals surface area contributed by atoms with Gasteiger partial charge in [-0.3, -0.25) is 4.79 Å². The number of thiol groups is 1. The molecular formula is C16H21N3O2S2. The molecule has 2 fully saturated rings. The second-order valence-electron chi connectivity index (χ2n) is 5.97. The first-order valence-corrected chi connectivity index (χ1v) is 9.39. The second-order valence-corrected chi connectivity index (χ2v) is 7.75. The molecule has 1 aromatic carbocycles. The van der Waals surface area contributed by atoms with E-state index < -0.39 is 0 Å². The van der Waals surface area contributed by atoms with Gasteiger partial charge in [0.25, 0.3) is 0 Å². The summed E-state index contributed by atoms with van der Waals surface area (Å²) >= 11 is 6.17. The van der Waals surface area contributed by atoms with Crippen LogP contribution in [0.15, 0.2) is 29.2 Å². The van der Waals surface area contributed by atoms with Crippen LogP contribution in [-0.2, 0) is 4.79 Å². The zero-order chi connectivity index (χ0) is 16.2. The molecule has 0 saturated carbocycles. The SMILES string of the molecule is O=C(CCCC[C@@H]1SC[C@@H]2NC(=O)N[C@@H]21)Nc1cccc(S)c1. The van der Waals surface area contributed by atoms with Gasteiger partial charge in [-0.1, -0.05) is 12.5 Å². The molecule has 23 heavy (non-hydrogen) atoms. The number of fused-ring (bicyclic) bond motifs is 1. The smallest absolute Gasteiger partial charge is 0.315 e. The molecule has 0 spiro atoms. The predicted molar refractivity (Wildman–Crippen MR) is 96.3 cm³/mol. The van der Waals surface area contributed by atoms with Crippen LogP contribution < -0.4 is 16.0 Å². The van der Waals surface area contributed by atoms with Gasteiger partial charge in [-0.2, -0.15) is 11.8 Å². The Balaban J connectivity index is 1.35. The Labute approximate surface area is 145 Å². The summed E-state index contributed by atoms with van der Waals surface area (Å²) < 4.78 is 0. The zero-order valence-corrected chi connectivity index (χ0v) is 14.5. The van der Waals surface area contributed by atoms with Gasteiger partial charge in [0.05, 0.1) is 12.1 Å². The number of rotatable bonds is 6. The molecular weight excluding hydrogens is 330 g/mol. The van der Waals surface area contributed by atoms with Crippen molar-refractivity contribution in [2.24, 2.45) is 0 Å². The fourth-order valence-electron chi connectivity index (χ4n) is 3.08. The summed E-state index contributed by atoms with van der Waals surface area (Å²) in [6.45, 7) is 0. The van der Waals surface area contributed by atoms with Crippen molar-refractivity contribution in [3.63, 3.8) is 0 Å². The molecule has 2 aliphatic rings. The van der Waals surface area contributed by atoms with E-state index in [1.54, 1.807) is 0 Å². The minimum Gasteiger partial charge on any atom is -0.332 e. The lowest BCUT2D eigenvalue weighted by molar-refractivity contribution is -0.116. The summed E-state index contributed by atoms with van der Waals surface area (Å²) in [4.78, 5) is 24.1. The minimum absolute atomic E-state index is 0.0386. The summed E-state index contributed by atoms with van der Waals surface area (Å²) in [5, 5.41) is 9.30. The Morgan fingerprint density at radius 2 is 2.22 bits per heavy atom. The Morgan fingerprint density at radius 3 is 3.04 bits per heavy atom.